The standard InChI is InChI=1S/C15H14BrNO3/c16-12-5-2-4-10-11(12)8-17(15(10)20)13-6-1-3-9(18)7-14(13)19/h2,4-5,13H,1,3,6-8H2/t13-/m0/s1. The third kappa shape index (κ3) is 2.20. The van der Waals surface area contributed by atoms with Gasteiger partial charge in [0.05, 0.1) is 12.5 Å². The molecular weight excluding hydrogens is 322 g/mol. The van der Waals surface area contributed by atoms with E-state index in [0.717, 1.165) is 10.0 Å². The predicted molar refractivity (Wildman–Crippen MR) is 76.3 cm³/mol. The highest BCUT2D eigenvalue weighted by molar-refractivity contribution is 9.10. The number of Topliss-reactive ketones (excluding diaryl/α,β-unsaturated/α-hetero) is 2. The van der Waals surface area contributed by atoms with Gasteiger partial charge in [0.25, 0.3) is 5.91 Å². The van der Waals surface area contributed by atoms with Gasteiger partial charge in [-0.15, -0.1) is 0 Å². The lowest BCUT2D eigenvalue weighted by Gasteiger charge is -2.25. The van der Waals surface area contributed by atoms with Crippen molar-refractivity contribution in [3.8, 4) is 0 Å². The Morgan fingerprint density at radius 2 is 2.00 bits per heavy atom. The monoisotopic (exact) mass is 335 g/mol. The van der Waals surface area contributed by atoms with Crippen LogP contribution in [-0.2, 0) is 16.1 Å². The van der Waals surface area contributed by atoms with E-state index in [1.54, 1.807) is 11.0 Å². The minimum absolute atomic E-state index is 0.0113. The third-order valence-corrected chi connectivity index (χ3v) is 4.73. The fourth-order valence-corrected chi connectivity index (χ4v) is 3.44. The molecule has 0 N–H and O–H groups in total. The van der Waals surface area contributed by atoms with Gasteiger partial charge in [-0.3, -0.25) is 14.4 Å². The SMILES string of the molecule is O=C1CCC[C@H](N2Cc3c(Br)cccc3C2=O)C(=O)C1. The summed E-state index contributed by atoms with van der Waals surface area (Å²) in [7, 11) is 0. The fourth-order valence-electron chi connectivity index (χ4n) is 2.95. The second kappa shape index (κ2) is 5.13. The molecule has 0 spiro atoms. The number of nitrogens with zero attached hydrogens (tertiary/aromatic N) is 1. The summed E-state index contributed by atoms with van der Waals surface area (Å²) in [6.45, 7) is 0.445. The number of ketones is 2. The molecule has 4 nitrogen and oxygen atoms in total. The van der Waals surface area contributed by atoms with E-state index in [0.29, 0.717) is 31.4 Å². The molecule has 1 aromatic carbocycles. The largest absolute Gasteiger partial charge is 0.324 e. The quantitative estimate of drug-likeness (QED) is 0.585. The van der Waals surface area contributed by atoms with E-state index >= 15 is 0 Å². The number of halogens is 1. The average Bonchev–Trinajstić information content (AvgIpc) is 2.64. The number of hydrogen-bond donors (Lipinski definition) is 0. The molecule has 104 valence electrons. The molecule has 0 saturated heterocycles. The average molecular weight is 336 g/mol. The Bertz CT molecular complexity index is 611. The van der Waals surface area contributed by atoms with Gasteiger partial charge in [-0.1, -0.05) is 22.0 Å². The summed E-state index contributed by atoms with van der Waals surface area (Å²) in [4.78, 5) is 37.7. The van der Waals surface area contributed by atoms with Gasteiger partial charge in [0.1, 0.15) is 5.78 Å². The second-order valence-corrected chi connectivity index (χ2v) is 6.14. The zero-order valence-corrected chi connectivity index (χ0v) is 12.5. The molecule has 1 heterocycles. The first-order valence-electron chi connectivity index (χ1n) is 6.70. The van der Waals surface area contributed by atoms with Crippen LogP contribution in [0, 0.1) is 0 Å². The van der Waals surface area contributed by atoms with Crippen LogP contribution in [0.5, 0.6) is 0 Å². The van der Waals surface area contributed by atoms with E-state index in [9.17, 15) is 14.4 Å². The van der Waals surface area contributed by atoms with Crippen molar-refractivity contribution in [1.82, 2.24) is 4.90 Å². The maximum Gasteiger partial charge on any atom is 0.255 e. The van der Waals surface area contributed by atoms with Crippen molar-refractivity contribution < 1.29 is 14.4 Å². The number of hydrogen-bond acceptors (Lipinski definition) is 3. The first-order valence-corrected chi connectivity index (χ1v) is 7.50. The van der Waals surface area contributed by atoms with Crippen molar-refractivity contribution in [3.05, 3.63) is 33.8 Å². The number of carbonyl (C=O) groups is 3. The molecule has 1 saturated carbocycles. The molecule has 2 aliphatic rings. The first-order chi connectivity index (χ1) is 9.58. The summed E-state index contributed by atoms with van der Waals surface area (Å²) < 4.78 is 0.892. The van der Waals surface area contributed by atoms with Gasteiger partial charge in [-0.2, -0.15) is 0 Å². The Balaban J connectivity index is 1.90. The van der Waals surface area contributed by atoms with Gasteiger partial charge in [-0.25, -0.2) is 0 Å². The van der Waals surface area contributed by atoms with Gasteiger partial charge in [0.2, 0.25) is 0 Å². The molecule has 0 radical (unpaired) electrons. The molecule has 1 fully saturated rings. The van der Waals surface area contributed by atoms with E-state index in [4.69, 9.17) is 0 Å². The molecule has 1 aliphatic carbocycles. The number of amides is 1. The van der Waals surface area contributed by atoms with Crippen molar-refractivity contribution >= 4 is 33.4 Å². The molecule has 1 atom stereocenters. The highest BCUT2D eigenvalue weighted by atomic mass is 79.9. The normalized spacial score (nSPS) is 22.9. The van der Waals surface area contributed by atoms with E-state index in [-0.39, 0.29) is 23.9 Å². The molecule has 1 amide bonds. The summed E-state index contributed by atoms with van der Waals surface area (Å²) in [5, 5.41) is 0. The van der Waals surface area contributed by atoms with Crippen LogP contribution in [0.3, 0.4) is 0 Å². The smallest absolute Gasteiger partial charge is 0.255 e. The summed E-state index contributed by atoms with van der Waals surface area (Å²) in [6.07, 6.45) is 1.67. The maximum atomic E-state index is 12.5. The predicted octanol–water partition coefficient (Wildman–Crippen LogP) is 2.49. The van der Waals surface area contributed by atoms with Gasteiger partial charge in [-0.05, 0) is 30.5 Å². The van der Waals surface area contributed by atoms with Gasteiger partial charge < -0.3 is 4.90 Å². The molecule has 5 heteroatoms. The van der Waals surface area contributed by atoms with Crippen molar-refractivity contribution in [2.24, 2.45) is 0 Å². The Kier molecular flexibility index (Phi) is 3.46. The van der Waals surface area contributed by atoms with Crippen LogP contribution in [0.1, 0.15) is 41.6 Å². The van der Waals surface area contributed by atoms with Crippen LogP contribution in [0.25, 0.3) is 0 Å². The molecule has 1 aliphatic heterocycles. The molecule has 20 heavy (non-hydrogen) atoms. The van der Waals surface area contributed by atoms with Crippen molar-refractivity contribution in [2.45, 2.75) is 38.3 Å². The third-order valence-electron chi connectivity index (χ3n) is 3.99. The second-order valence-electron chi connectivity index (χ2n) is 5.29. The lowest BCUT2D eigenvalue weighted by Crippen LogP contribution is -2.41. The van der Waals surface area contributed by atoms with Crippen LogP contribution < -0.4 is 0 Å². The van der Waals surface area contributed by atoms with Crippen molar-refractivity contribution in [3.63, 3.8) is 0 Å². The Hall–Kier alpha value is -1.49. The van der Waals surface area contributed by atoms with Crippen LogP contribution >= 0.6 is 15.9 Å². The van der Waals surface area contributed by atoms with Crippen LogP contribution in [0.15, 0.2) is 22.7 Å². The Morgan fingerprint density at radius 1 is 1.20 bits per heavy atom. The summed E-state index contributed by atoms with van der Waals surface area (Å²) in [5.74, 6) is -0.235. The number of rotatable bonds is 1. The van der Waals surface area contributed by atoms with Gasteiger partial charge in [0, 0.05) is 23.0 Å². The molecule has 3 rings (SSSR count). The van der Waals surface area contributed by atoms with Crippen LogP contribution in [-0.4, -0.2) is 28.4 Å². The minimum atomic E-state index is -0.451. The zero-order chi connectivity index (χ0) is 14.3. The topological polar surface area (TPSA) is 54.5 Å². The van der Waals surface area contributed by atoms with E-state index in [2.05, 4.69) is 15.9 Å². The lowest BCUT2D eigenvalue weighted by molar-refractivity contribution is -0.128. The lowest BCUT2D eigenvalue weighted by atomic mass is 10.1. The highest BCUT2D eigenvalue weighted by Gasteiger charge is 2.38. The van der Waals surface area contributed by atoms with E-state index in [1.165, 1.54) is 0 Å². The minimum Gasteiger partial charge on any atom is -0.324 e. The molecule has 0 aromatic heterocycles. The molecular formula is C15H14BrNO3. The van der Waals surface area contributed by atoms with Crippen LogP contribution in [0.4, 0.5) is 0 Å². The van der Waals surface area contributed by atoms with E-state index < -0.39 is 6.04 Å². The first kappa shape index (κ1) is 13.5. The van der Waals surface area contributed by atoms with Crippen molar-refractivity contribution in [1.29, 1.82) is 0 Å². The fraction of sp³-hybridized carbons (Fsp3) is 0.400. The number of carbonyl (C=O) groups excluding carboxylic acids is 3. The molecule has 0 unspecified atom stereocenters. The summed E-state index contributed by atoms with van der Waals surface area (Å²) in [6, 6.07) is 5.05. The van der Waals surface area contributed by atoms with Crippen molar-refractivity contribution in [2.75, 3.05) is 0 Å². The summed E-state index contributed by atoms with van der Waals surface area (Å²) >= 11 is 3.45. The van der Waals surface area contributed by atoms with Gasteiger partial charge in [0.15, 0.2) is 5.78 Å². The maximum absolute atomic E-state index is 12.5. The Morgan fingerprint density at radius 3 is 2.75 bits per heavy atom. The highest BCUT2D eigenvalue weighted by Crippen LogP contribution is 2.32. The molecule has 0 bridgehead atoms. The number of benzene rings is 1. The molecule has 1 aromatic rings. The zero-order valence-electron chi connectivity index (χ0n) is 10.9. The van der Waals surface area contributed by atoms with Crippen LogP contribution in [0.2, 0.25) is 0 Å². The van der Waals surface area contributed by atoms with E-state index in [1.807, 2.05) is 12.1 Å². The van der Waals surface area contributed by atoms with Gasteiger partial charge >= 0.3 is 0 Å². The number of fused-ring (bicyclic) bond motifs is 1. The summed E-state index contributed by atoms with van der Waals surface area (Å²) in [5.41, 5.74) is 1.59. The Labute approximate surface area is 125 Å².